The molecular weight excluding hydrogens is 266 g/mol. The SMILES string of the molecule is CCCNCc1cccc(N(C)C(C)c2cccs2)n1. The van der Waals surface area contributed by atoms with Crippen molar-refractivity contribution in [3.05, 3.63) is 46.3 Å². The van der Waals surface area contributed by atoms with E-state index in [0.717, 1.165) is 31.0 Å². The molecule has 0 fully saturated rings. The summed E-state index contributed by atoms with van der Waals surface area (Å²) in [7, 11) is 2.11. The Labute approximate surface area is 125 Å². The molecule has 0 saturated heterocycles. The number of thiophene rings is 1. The highest BCUT2D eigenvalue weighted by Crippen LogP contribution is 2.26. The van der Waals surface area contributed by atoms with Crippen LogP contribution in [0.25, 0.3) is 0 Å². The number of hydrogen-bond donors (Lipinski definition) is 1. The van der Waals surface area contributed by atoms with Crippen LogP contribution >= 0.6 is 11.3 Å². The summed E-state index contributed by atoms with van der Waals surface area (Å²) in [5.41, 5.74) is 1.10. The van der Waals surface area contributed by atoms with Crippen molar-refractivity contribution in [2.75, 3.05) is 18.5 Å². The van der Waals surface area contributed by atoms with E-state index in [4.69, 9.17) is 4.98 Å². The molecule has 0 amide bonds. The fraction of sp³-hybridized carbons (Fsp3) is 0.438. The van der Waals surface area contributed by atoms with Crippen LogP contribution in [0.3, 0.4) is 0 Å². The van der Waals surface area contributed by atoms with Crippen molar-refractivity contribution in [2.45, 2.75) is 32.9 Å². The van der Waals surface area contributed by atoms with E-state index in [1.165, 1.54) is 4.88 Å². The maximum atomic E-state index is 4.74. The minimum Gasteiger partial charge on any atom is -0.352 e. The van der Waals surface area contributed by atoms with Crippen LogP contribution in [0.2, 0.25) is 0 Å². The zero-order chi connectivity index (χ0) is 14.4. The van der Waals surface area contributed by atoms with Crippen molar-refractivity contribution in [1.82, 2.24) is 10.3 Å². The van der Waals surface area contributed by atoms with Crippen molar-refractivity contribution < 1.29 is 0 Å². The number of nitrogens with one attached hydrogen (secondary N) is 1. The Morgan fingerprint density at radius 3 is 2.85 bits per heavy atom. The highest BCUT2D eigenvalue weighted by molar-refractivity contribution is 7.10. The van der Waals surface area contributed by atoms with Crippen LogP contribution in [-0.4, -0.2) is 18.6 Å². The number of aromatic nitrogens is 1. The second-order valence-electron chi connectivity index (χ2n) is 4.97. The van der Waals surface area contributed by atoms with Crippen LogP contribution in [0.1, 0.15) is 36.9 Å². The van der Waals surface area contributed by atoms with Gasteiger partial charge in [0.05, 0.1) is 11.7 Å². The molecule has 2 aromatic rings. The molecule has 1 unspecified atom stereocenters. The van der Waals surface area contributed by atoms with Gasteiger partial charge in [-0.05, 0) is 43.5 Å². The predicted octanol–water partition coefficient (Wildman–Crippen LogP) is 3.84. The molecule has 0 aliphatic carbocycles. The Morgan fingerprint density at radius 2 is 2.15 bits per heavy atom. The largest absolute Gasteiger partial charge is 0.352 e. The third-order valence-electron chi connectivity index (χ3n) is 3.42. The third kappa shape index (κ3) is 3.81. The summed E-state index contributed by atoms with van der Waals surface area (Å²) in [5.74, 6) is 1.03. The number of rotatable bonds is 7. The lowest BCUT2D eigenvalue weighted by atomic mass is 10.2. The maximum absolute atomic E-state index is 4.74. The number of pyridine rings is 1. The average Bonchev–Trinajstić information content (AvgIpc) is 3.00. The lowest BCUT2D eigenvalue weighted by Crippen LogP contribution is -2.23. The fourth-order valence-corrected chi connectivity index (χ4v) is 2.90. The molecule has 0 aliphatic heterocycles. The molecule has 1 N–H and O–H groups in total. The predicted molar refractivity (Wildman–Crippen MR) is 87.4 cm³/mol. The second-order valence-corrected chi connectivity index (χ2v) is 5.95. The van der Waals surface area contributed by atoms with Crippen LogP contribution in [0.5, 0.6) is 0 Å². The van der Waals surface area contributed by atoms with Crippen molar-refractivity contribution in [3.8, 4) is 0 Å². The molecule has 0 aromatic carbocycles. The molecule has 0 bridgehead atoms. The Morgan fingerprint density at radius 1 is 1.30 bits per heavy atom. The van der Waals surface area contributed by atoms with Gasteiger partial charge < -0.3 is 10.2 Å². The summed E-state index contributed by atoms with van der Waals surface area (Å²) in [6.07, 6.45) is 1.15. The van der Waals surface area contributed by atoms with E-state index in [2.05, 4.69) is 66.8 Å². The van der Waals surface area contributed by atoms with Gasteiger partial charge in [0, 0.05) is 18.5 Å². The summed E-state index contributed by atoms with van der Waals surface area (Å²) < 4.78 is 0. The van der Waals surface area contributed by atoms with Gasteiger partial charge in [-0.15, -0.1) is 11.3 Å². The van der Waals surface area contributed by atoms with E-state index in [1.54, 1.807) is 11.3 Å². The highest BCUT2D eigenvalue weighted by atomic mass is 32.1. The van der Waals surface area contributed by atoms with E-state index >= 15 is 0 Å². The van der Waals surface area contributed by atoms with Gasteiger partial charge >= 0.3 is 0 Å². The first-order valence-electron chi connectivity index (χ1n) is 7.15. The molecule has 108 valence electrons. The Hall–Kier alpha value is -1.39. The highest BCUT2D eigenvalue weighted by Gasteiger charge is 2.14. The van der Waals surface area contributed by atoms with Crippen LogP contribution in [0.15, 0.2) is 35.7 Å². The van der Waals surface area contributed by atoms with E-state index < -0.39 is 0 Å². The van der Waals surface area contributed by atoms with Crippen molar-refractivity contribution in [1.29, 1.82) is 0 Å². The number of hydrogen-bond acceptors (Lipinski definition) is 4. The van der Waals surface area contributed by atoms with Gasteiger partial charge in [0.2, 0.25) is 0 Å². The molecule has 3 nitrogen and oxygen atoms in total. The monoisotopic (exact) mass is 289 g/mol. The van der Waals surface area contributed by atoms with E-state index in [1.807, 2.05) is 0 Å². The summed E-state index contributed by atoms with van der Waals surface area (Å²) in [6, 6.07) is 10.9. The van der Waals surface area contributed by atoms with E-state index in [9.17, 15) is 0 Å². The van der Waals surface area contributed by atoms with E-state index in [0.29, 0.717) is 6.04 Å². The zero-order valence-electron chi connectivity index (χ0n) is 12.5. The lowest BCUT2D eigenvalue weighted by molar-refractivity contribution is 0.661. The molecule has 2 rings (SSSR count). The molecule has 2 heterocycles. The van der Waals surface area contributed by atoms with E-state index in [-0.39, 0.29) is 0 Å². The third-order valence-corrected chi connectivity index (χ3v) is 4.46. The van der Waals surface area contributed by atoms with Gasteiger partial charge in [0.15, 0.2) is 0 Å². The molecule has 0 aliphatic rings. The van der Waals surface area contributed by atoms with Crippen LogP contribution in [-0.2, 0) is 6.54 Å². The molecule has 0 radical (unpaired) electrons. The maximum Gasteiger partial charge on any atom is 0.129 e. The van der Waals surface area contributed by atoms with Gasteiger partial charge in [-0.1, -0.05) is 19.1 Å². The Kier molecular flexibility index (Phi) is 5.56. The van der Waals surface area contributed by atoms with Gasteiger partial charge in [-0.25, -0.2) is 4.98 Å². The molecule has 0 saturated carbocycles. The molecular formula is C16H23N3S. The summed E-state index contributed by atoms with van der Waals surface area (Å²) >= 11 is 1.79. The molecule has 0 spiro atoms. The Bertz CT molecular complexity index is 510. The fourth-order valence-electron chi connectivity index (χ4n) is 2.07. The van der Waals surface area contributed by atoms with Crippen LogP contribution < -0.4 is 10.2 Å². The van der Waals surface area contributed by atoms with Crippen molar-refractivity contribution >= 4 is 17.2 Å². The number of anilines is 1. The number of nitrogens with zero attached hydrogens (tertiary/aromatic N) is 2. The molecule has 4 heteroatoms. The normalized spacial score (nSPS) is 12.3. The summed E-state index contributed by atoms with van der Waals surface area (Å²) in [5, 5.41) is 5.52. The lowest BCUT2D eigenvalue weighted by Gasteiger charge is -2.25. The minimum atomic E-state index is 0.348. The quantitative estimate of drug-likeness (QED) is 0.785. The molecule has 1 atom stereocenters. The Balaban J connectivity index is 2.06. The van der Waals surface area contributed by atoms with Gasteiger partial charge in [0.1, 0.15) is 5.82 Å². The topological polar surface area (TPSA) is 28.2 Å². The van der Waals surface area contributed by atoms with Crippen LogP contribution in [0, 0.1) is 0 Å². The first-order valence-corrected chi connectivity index (χ1v) is 8.03. The molecule has 20 heavy (non-hydrogen) atoms. The van der Waals surface area contributed by atoms with Crippen molar-refractivity contribution in [3.63, 3.8) is 0 Å². The van der Waals surface area contributed by atoms with Gasteiger partial charge in [0.25, 0.3) is 0 Å². The smallest absolute Gasteiger partial charge is 0.129 e. The molecule has 2 aromatic heterocycles. The first kappa shape index (κ1) is 15.0. The van der Waals surface area contributed by atoms with Crippen LogP contribution in [0.4, 0.5) is 5.82 Å². The van der Waals surface area contributed by atoms with Gasteiger partial charge in [-0.3, -0.25) is 0 Å². The second kappa shape index (κ2) is 7.41. The summed E-state index contributed by atoms with van der Waals surface area (Å²) in [4.78, 5) is 8.34. The summed E-state index contributed by atoms with van der Waals surface area (Å²) in [6.45, 7) is 6.26. The van der Waals surface area contributed by atoms with Gasteiger partial charge in [-0.2, -0.15) is 0 Å². The van der Waals surface area contributed by atoms with Crippen molar-refractivity contribution in [2.24, 2.45) is 0 Å². The zero-order valence-corrected chi connectivity index (χ0v) is 13.3. The minimum absolute atomic E-state index is 0.348. The standard InChI is InChI=1S/C16H23N3S/c1-4-10-17-12-14-7-5-9-16(18-14)19(3)13(2)15-8-6-11-20-15/h5-9,11,13,17H,4,10,12H2,1-3H3. The first-order chi connectivity index (χ1) is 9.72. The average molecular weight is 289 g/mol.